The van der Waals surface area contributed by atoms with E-state index in [1.165, 1.54) is 23.1 Å². The summed E-state index contributed by atoms with van der Waals surface area (Å²) in [5, 5.41) is 22.5. The number of carbonyl (C=O) groups excluding carboxylic acids is 1. The fourth-order valence-corrected chi connectivity index (χ4v) is 6.71. The number of aryl methyl sites for hydroxylation is 1. The van der Waals surface area contributed by atoms with E-state index in [-0.39, 0.29) is 11.7 Å². The van der Waals surface area contributed by atoms with Gasteiger partial charge in [-0.25, -0.2) is 0 Å². The SMILES string of the molecule is N#Cc1c(NC(=O)CSc2nnc3sc4ccccc4n23)sc2c1CCCCC2. The van der Waals surface area contributed by atoms with Crippen molar-refractivity contribution in [2.24, 2.45) is 0 Å². The highest BCUT2D eigenvalue weighted by atomic mass is 32.2. The van der Waals surface area contributed by atoms with E-state index in [0.29, 0.717) is 15.7 Å². The number of nitrogens with one attached hydrogen (secondary N) is 1. The van der Waals surface area contributed by atoms with Crippen LogP contribution in [0.3, 0.4) is 0 Å². The van der Waals surface area contributed by atoms with Crippen LogP contribution in [-0.4, -0.2) is 26.3 Å². The molecule has 3 heterocycles. The number of carbonyl (C=O) groups is 1. The van der Waals surface area contributed by atoms with E-state index in [2.05, 4.69) is 27.6 Å². The summed E-state index contributed by atoms with van der Waals surface area (Å²) in [7, 11) is 0. The van der Waals surface area contributed by atoms with Crippen LogP contribution in [0.1, 0.15) is 35.3 Å². The van der Waals surface area contributed by atoms with Gasteiger partial charge < -0.3 is 5.32 Å². The monoisotopic (exact) mass is 439 g/mol. The summed E-state index contributed by atoms with van der Waals surface area (Å²) >= 11 is 4.51. The lowest BCUT2D eigenvalue weighted by molar-refractivity contribution is -0.113. The number of nitrogens with zero attached hydrogens (tertiary/aromatic N) is 4. The topological polar surface area (TPSA) is 83.1 Å². The third kappa shape index (κ3) is 3.41. The largest absolute Gasteiger partial charge is 0.316 e. The molecule has 5 rings (SSSR count). The number of benzene rings is 1. The molecule has 0 fully saturated rings. The van der Waals surface area contributed by atoms with Crippen LogP contribution in [-0.2, 0) is 17.6 Å². The van der Waals surface area contributed by atoms with E-state index >= 15 is 0 Å². The van der Waals surface area contributed by atoms with E-state index in [1.807, 2.05) is 22.6 Å². The number of nitriles is 1. The molecular weight excluding hydrogens is 422 g/mol. The molecule has 0 spiro atoms. The molecule has 0 bridgehead atoms. The van der Waals surface area contributed by atoms with Gasteiger partial charge in [-0.2, -0.15) is 5.26 Å². The van der Waals surface area contributed by atoms with Crippen molar-refractivity contribution in [3.63, 3.8) is 0 Å². The van der Waals surface area contributed by atoms with Gasteiger partial charge in [0.2, 0.25) is 10.9 Å². The van der Waals surface area contributed by atoms with Gasteiger partial charge in [-0.3, -0.25) is 9.20 Å². The molecule has 0 atom stereocenters. The Hall–Kier alpha value is -2.41. The van der Waals surface area contributed by atoms with Crippen molar-refractivity contribution in [2.45, 2.75) is 37.3 Å². The third-order valence-electron chi connectivity index (χ3n) is 5.03. The third-order valence-corrected chi connectivity index (χ3v) is 8.18. The molecule has 1 amide bonds. The van der Waals surface area contributed by atoms with Crippen molar-refractivity contribution in [3.05, 3.63) is 40.3 Å². The molecule has 29 heavy (non-hydrogen) atoms. The van der Waals surface area contributed by atoms with Gasteiger partial charge in [0.25, 0.3) is 0 Å². The number of rotatable bonds is 4. The van der Waals surface area contributed by atoms with Crippen molar-refractivity contribution >= 4 is 60.5 Å². The highest BCUT2D eigenvalue weighted by Gasteiger charge is 2.21. The van der Waals surface area contributed by atoms with E-state index in [1.54, 1.807) is 22.7 Å². The Labute approximate surface area is 179 Å². The minimum atomic E-state index is -0.126. The molecule has 1 aliphatic carbocycles. The zero-order valence-corrected chi connectivity index (χ0v) is 17.9. The first-order chi connectivity index (χ1) is 14.2. The summed E-state index contributed by atoms with van der Waals surface area (Å²) in [6, 6.07) is 10.4. The number of thiazole rings is 1. The molecule has 3 aromatic heterocycles. The average Bonchev–Trinajstić information content (AvgIpc) is 3.33. The predicted octanol–water partition coefficient (Wildman–Crippen LogP) is 4.88. The first kappa shape index (κ1) is 18.6. The van der Waals surface area contributed by atoms with Crippen LogP contribution in [0.4, 0.5) is 5.00 Å². The molecule has 1 aliphatic rings. The molecule has 4 aromatic rings. The zero-order valence-electron chi connectivity index (χ0n) is 15.5. The van der Waals surface area contributed by atoms with Crippen LogP contribution in [0.15, 0.2) is 29.4 Å². The maximum absolute atomic E-state index is 12.6. The Morgan fingerprint density at radius 3 is 2.97 bits per heavy atom. The first-order valence-electron chi connectivity index (χ1n) is 9.44. The molecule has 1 aromatic carbocycles. The second-order valence-electron chi connectivity index (χ2n) is 6.89. The van der Waals surface area contributed by atoms with Crippen LogP contribution in [0.25, 0.3) is 15.2 Å². The van der Waals surface area contributed by atoms with Crippen LogP contribution >= 0.6 is 34.4 Å². The molecule has 0 saturated carbocycles. The van der Waals surface area contributed by atoms with E-state index in [9.17, 15) is 10.1 Å². The average molecular weight is 440 g/mol. The molecule has 6 nitrogen and oxygen atoms in total. The van der Waals surface area contributed by atoms with E-state index < -0.39 is 0 Å². The molecule has 0 radical (unpaired) electrons. The molecule has 0 unspecified atom stereocenters. The van der Waals surface area contributed by atoms with Crippen LogP contribution in [0, 0.1) is 11.3 Å². The van der Waals surface area contributed by atoms with Gasteiger partial charge in [0.1, 0.15) is 11.1 Å². The van der Waals surface area contributed by atoms with Gasteiger partial charge in [-0.05, 0) is 43.4 Å². The van der Waals surface area contributed by atoms with Crippen molar-refractivity contribution in [3.8, 4) is 6.07 Å². The smallest absolute Gasteiger partial charge is 0.235 e. The van der Waals surface area contributed by atoms with Crippen molar-refractivity contribution < 1.29 is 4.79 Å². The van der Waals surface area contributed by atoms with Gasteiger partial charge in [-0.15, -0.1) is 21.5 Å². The minimum absolute atomic E-state index is 0.126. The summed E-state index contributed by atoms with van der Waals surface area (Å²) in [5.74, 6) is 0.0949. The zero-order chi connectivity index (χ0) is 19.8. The van der Waals surface area contributed by atoms with E-state index in [4.69, 9.17) is 0 Å². The number of hydrogen-bond acceptors (Lipinski definition) is 7. The normalized spacial score (nSPS) is 13.9. The fraction of sp³-hybridized carbons (Fsp3) is 0.300. The quantitative estimate of drug-likeness (QED) is 0.362. The Morgan fingerprint density at radius 2 is 2.07 bits per heavy atom. The summed E-state index contributed by atoms with van der Waals surface area (Å²) in [6.45, 7) is 0. The minimum Gasteiger partial charge on any atom is -0.316 e. The highest BCUT2D eigenvalue weighted by Crippen LogP contribution is 2.37. The Balaban J connectivity index is 1.33. The number of thiophene rings is 1. The maximum Gasteiger partial charge on any atom is 0.235 e. The number of thioether (sulfide) groups is 1. The summed E-state index contributed by atoms with van der Waals surface area (Å²) < 4.78 is 3.13. The fourth-order valence-electron chi connectivity index (χ4n) is 3.69. The molecule has 146 valence electrons. The number of anilines is 1. The standard InChI is InChI=1S/C20H17N5OS3/c21-10-13-12-6-2-1-3-8-15(12)28-18(13)22-17(26)11-27-19-23-24-20-25(19)14-7-4-5-9-16(14)29-20/h4-5,7,9H,1-3,6,8,11H2,(H,22,26). The lowest BCUT2D eigenvalue weighted by Gasteiger charge is -2.03. The molecule has 1 N–H and O–H groups in total. The van der Waals surface area contributed by atoms with E-state index in [0.717, 1.165) is 46.4 Å². The number of aromatic nitrogens is 3. The van der Waals surface area contributed by atoms with Crippen molar-refractivity contribution in [2.75, 3.05) is 11.1 Å². The lowest BCUT2D eigenvalue weighted by Crippen LogP contribution is -2.14. The van der Waals surface area contributed by atoms with Gasteiger partial charge in [-0.1, -0.05) is 41.7 Å². The molecule has 0 aliphatic heterocycles. The van der Waals surface area contributed by atoms with Gasteiger partial charge in [0, 0.05) is 4.88 Å². The second kappa shape index (κ2) is 7.78. The Bertz CT molecular complexity index is 1260. The maximum atomic E-state index is 12.6. The molecule has 0 saturated heterocycles. The number of hydrogen-bond donors (Lipinski definition) is 1. The summed E-state index contributed by atoms with van der Waals surface area (Å²) in [5.41, 5.74) is 2.84. The Kier molecular flexibility index (Phi) is 4.99. The molecular formula is C20H17N5OS3. The number of amides is 1. The van der Waals surface area contributed by atoms with Crippen molar-refractivity contribution in [1.29, 1.82) is 5.26 Å². The van der Waals surface area contributed by atoms with Gasteiger partial charge >= 0.3 is 0 Å². The predicted molar refractivity (Wildman–Crippen MR) is 118 cm³/mol. The lowest BCUT2D eigenvalue weighted by atomic mass is 10.1. The number of para-hydroxylation sites is 1. The summed E-state index contributed by atoms with van der Waals surface area (Å²) in [6.07, 6.45) is 5.40. The Morgan fingerprint density at radius 1 is 1.21 bits per heavy atom. The molecule has 9 heteroatoms. The van der Waals surface area contributed by atoms with Gasteiger partial charge in [0.05, 0.1) is 21.5 Å². The van der Waals surface area contributed by atoms with Crippen LogP contribution < -0.4 is 5.32 Å². The second-order valence-corrected chi connectivity index (χ2v) is 9.94. The highest BCUT2D eigenvalue weighted by molar-refractivity contribution is 7.99. The number of fused-ring (bicyclic) bond motifs is 4. The summed E-state index contributed by atoms with van der Waals surface area (Å²) in [4.78, 5) is 14.7. The van der Waals surface area contributed by atoms with Gasteiger partial charge in [0.15, 0.2) is 5.16 Å². The van der Waals surface area contributed by atoms with Crippen LogP contribution in [0.5, 0.6) is 0 Å². The van der Waals surface area contributed by atoms with Crippen molar-refractivity contribution in [1.82, 2.24) is 14.6 Å². The first-order valence-corrected chi connectivity index (χ1v) is 12.1. The van der Waals surface area contributed by atoms with Crippen LogP contribution in [0.2, 0.25) is 0 Å².